The van der Waals surface area contributed by atoms with Gasteiger partial charge in [0.1, 0.15) is 5.82 Å². The predicted octanol–water partition coefficient (Wildman–Crippen LogP) is 2.11. The van der Waals surface area contributed by atoms with E-state index in [1.54, 1.807) is 0 Å². The van der Waals surface area contributed by atoms with Gasteiger partial charge in [-0.1, -0.05) is 0 Å². The van der Waals surface area contributed by atoms with Gasteiger partial charge in [-0.05, 0) is 63.3 Å². The Morgan fingerprint density at radius 1 is 1.26 bits per heavy atom. The molecule has 0 radical (unpaired) electrons. The molecule has 5 rings (SSSR count). The van der Waals surface area contributed by atoms with Gasteiger partial charge in [0.2, 0.25) is 0 Å². The van der Waals surface area contributed by atoms with Crippen LogP contribution in [0.15, 0.2) is 6.07 Å². The van der Waals surface area contributed by atoms with Gasteiger partial charge in [0, 0.05) is 12.6 Å². The fourth-order valence-electron chi connectivity index (χ4n) is 5.42. The van der Waals surface area contributed by atoms with Crippen molar-refractivity contribution >= 4 is 5.82 Å². The summed E-state index contributed by atoms with van der Waals surface area (Å²) >= 11 is 0. The molecule has 0 aromatic carbocycles. The first-order valence-electron chi connectivity index (χ1n) is 7.68. The highest BCUT2D eigenvalue weighted by molar-refractivity contribution is 5.33. The Labute approximate surface area is 114 Å². The van der Waals surface area contributed by atoms with E-state index in [0.29, 0.717) is 0 Å². The van der Waals surface area contributed by atoms with Crippen molar-refractivity contribution in [1.82, 2.24) is 15.1 Å². The maximum absolute atomic E-state index is 6.27. The van der Waals surface area contributed by atoms with Gasteiger partial charge in [-0.2, -0.15) is 5.10 Å². The summed E-state index contributed by atoms with van der Waals surface area (Å²) in [5.41, 5.74) is 7.60. The van der Waals surface area contributed by atoms with Gasteiger partial charge in [-0.3, -0.25) is 0 Å². The first-order valence-corrected chi connectivity index (χ1v) is 7.68. The van der Waals surface area contributed by atoms with Gasteiger partial charge in [0.15, 0.2) is 0 Å². The van der Waals surface area contributed by atoms with Crippen LogP contribution in [-0.4, -0.2) is 16.8 Å². The van der Waals surface area contributed by atoms with E-state index >= 15 is 0 Å². The van der Waals surface area contributed by atoms with Crippen LogP contribution in [0.25, 0.3) is 0 Å². The summed E-state index contributed by atoms with van der Waals surface area (Å²) in [7, 11) is 1.96. The van der Waals surface area contributed by atoms with Crippen LogP contribution in [0, 0.1) is 17.8 Å². The van der Waals surface area contributed by atoms with E-state index in [-0.39, 0.29) is 5.54 Å². The highest BCUT2D eigenvalue weighted by Crippen LogP contribution is 2.59. The molecule has 4 nitrogen and oxygen atoms in total. The third kappa shape index (κ3) is 1.72. The molecule has 0 amide bonds. The first-order chi connectivity index (χ1) is 9.18. The fraction of sp³-hybridized carbons (Fsp3) is 0.800. The minimum atomic E-state index is 0.255. The summed E-state index contributed by atoms with van der Waals surface area (Å²) in [6.45, 7) is 0.809. The van der Waals surface area contributed by atoms with Crippen LogP contribution in [0.3, 0.4) is 0 Å². The lowest BCUT2D eigenvalue weighted by Gasteiger charge is -2.56. The molecular formula is C15H24N4. The van der Waals surface area contributed by atoms with E-state index in [1.165, 1.54) is 38.5 Å². The molecule has 19 heavy (non-hydrogen) atoms. The molecule has 1 aromatic heterocycles. The summed E-state index contributed by atoms with van der Waals surface area (Å²) in [5, 5.41) is 7.99. The lowest BCUT2D eigenvalue weighted by Crippen LogP contribution is -2.52. The van der Waals surface area contributed by atoms with Crippen LogP contribution < -0.4 is 11.1 Å². The van der Waals surface area contributed by atoms with Gasteiger partial charge in [-0.25, -0.2) is 4.68 Å². The lowest BCUT2D eigenvalue weighted by molar-refractivity contribution is -0.0483. The van der Waals surface area contributed by atoms with Crippen LogP contribution in [-0.2, 0) is 12.1 Å². The average Bonchev–Trinajstić information content (AvgIpc) is 2.70. The third-order valence-electron chi connectivity index (χ3n) is 5.60. The molecule has 4 fully saturated rings. The number of nitrogen functional groups attached to an aromatic ring is 1. The van der Waals surface area contributed by atoms with E-state index in [4.69, 9.17) is 10.8 Å². The maximum Gasteiger partial charge on any atom is 0.122 e. The number of nitrogens with two attached hydrogens (primary N) is 1. The van der Waals surface area contributed by atoms with Crippen molar-refractivity contribution in [2.24, 2.45) is 17.8 Å². The van der Waals surface area contributed by atoms with Crippen molar-refractivity contribution < 1.29 is 0 Å². The minimum absolute atomic E-state index is 0.255. The van der Waals surface area contributed by atoms with Crippen molar-refractivity contribution in [3.8, 4) is 0 Å². The topological polar surface area (TPSA) is 55.9 Å². The molecule has 4 heteroatoms. The summed E-state index contributed by atoms with van der Waals surface area (Å²) in [6, 6.07) is 2.05. The molecular weight excluding hydrogens is 236 g/mol. The van der Waals surface area contributed by atoms with Crippen LogP contribution in [0.2, 0.25) is 0 Å². The number of nitrogens with zero attached hydrogens (tertiary/aromatic N) is 2. The normalized spacial score (nSPS) is 39.9. The van der Waals surface area contributed by atoms with E-state index < -0.39 is 0 Å². The molecule has 3 N–H and O–H groups in total. The van der Waals surface area contributed by atoms with Crippen molar-refractivity contribution in [3.63, 3.8) is 0 Å². The Hall–Kier alpha value is -1.03. The largest absolute Gasteiger partial charge is 0.384 e. The van der Waals surface area contributed by atoms with Gasteiger partial charge < -0.3 is 11.1 Å². The molecule has 4 aliphatic rings. The van der Waals surface area contributed by atoms with Crippen LogP contribution >= 0.6 is 0 Å². The van der Waals surface area contributed by atoms with Gasteiger partial charge in [0.25, 0.3) is 0 Å². The second-order valence-electron chi connectivity index (χ2n) is 7.14. The molecule has 4 aliphatic carbocycles. The van der Waals surface area contributed by atoms with Crippen LogP contribution in [0.5, 0.6) is 0 Å². The number of hydrogen-bond acceptors (Lipinski definition) is 3. The van der Waals surface area contributed by atoms with Crippen molar-refractivity contribution in [2.45, 2.75) is 50.6 Å². The summed E-state index contributed by atoms with van der Waals surface area (Å²) in [5.74, 6) is 3.67. The van der Waals surface area contributed by atoms with Gasteiger partial charge in [0.05, 0.1) is 11.2 Å². The van der Waals surface area contributed by atoms with Crippen LogP contribution in [0.4, 0.5) is 5.82 Å². The molecule has 0 saturated heterocycles. The smallest absolute Gasteiger partial charge is 0.122 e. The molecule has 104 valence electrons. The zero-order chi connectivity index (χ0) is 13.0. The summed E-state index contributed by atoms with van der Waals surface area (Å²) in [4.78, 5) is 0. The second-order valence-corrected chi connectivity index (χ2v) is 7.14. The third-order valence-corrected chi connectivity index (χ3v) is 5.60. The van der Waals surface area contributed by atoms with Crippen molar-refractivity contribution in [1.29, 1.82) is 0 Å². The number of aromatic nitrogens is 2. The Morgan fingerprint density at radius 3 is 2.37 bits per heavy atom. The quantitative estimate of drug-likeness (QED) is 0.875. The molecule has 0 spiro atoms. The second kappa shape index (κ2) is 3.98. The number of nitrogens with one attached hydrogen (secondary N) is 1. The fourth-order valence-corrected chi connectivity index (χ4v) is 5.42. The average molecular weight is 260 g/mol. The highest BCUT2D eigenvalue weighted by atomic mass is 15.4. The summed E-state index contributed by atoms with van der Waals surface area (Å²) in [6.07, 6.45) is 8.31. The minimum Gasteiger partial charge on any atom is -0.384 e. The molecule has 4 saturated carbocycles. The molecule has 0 atom stereocenters. The van der Waals surface area contributed by atoms with Gasteiger partial charge in [-0.15, -0.1) is 0 Å². The standard InChI is InChI=1S/C15H24N4/c1-17-9-13-5-14(16)19(18-13)15-6-10-2-11(7-15)4-12(3-10)8-15/h5,10-12,17H,2-4,6-9,16H2,1H3. The monoisotopic (exact) mass is 260 g/mol. The number of hydrogen-bond donors (Lipinski definition) is 2. The lowest BCUT2D eigenvalue weighted by atomic mass is 9.53. The van der Waals surface area contributed by atoms with E-state index in [2.05, 4.69) is 16.1 Å². The zero-order valence-corrected chi connectivity index (χ0v) is 11.7. The Morgan fingerprint density at radius 2 is 1.84 bits per heavy atom. The molecule has 4 bridgehead atoms. The SMILES string of the molecule is CNCc1cc(N)n(C23CC4CC(CC(C4)C2)C3)n1. The molecule has 1 heterocycles. The van der Waals surface area contributed by atoms with Gasteiger partial charge >= 0.3 is 0 Å². The number of anilines is 1. The molecule has 0 unspecified atom stereocenters. The Bertz CT molecular complexity index is 455. The van der Waals surface area contributed by atoms with E-state index in [9.17, 15) is 0 Å². The van der Waals surface area contributed by atoms with Crippen molar-refractivity contribution in [2.75, 3.05) is 12.8 Å². The van der Waals surface area contributed by atoms with Crippen molar-refractivity contribution in [3.05, 3.63) is 11.8 Å². The highest BCUT2D eigenvalue weighted by Gasteiger charge is 2.52. The Kier molecular flexibility index (Phi) is 2.47. The van der Waals surface area contributed by atoms with E-state index in [0.717, 1.165) is 35.8 Å². The predicted molar refractivity (Wildman–Crippen MR) is 75.5 cm³/mol. The Balaban J connectivity index is 1.71. The molecule has 0 aliphatic heterocycles. The first kappa shape index (κ1) is 11.8. The molecule has 1 aromatic rings. The zero-order valence-electron chi connectivity index (χ0n) is 11.7. The number of rotatable bonds is 3. The maximum atomic E-state index is 6.27. The van der Waals surface area contributed by atoms with Crippen LogP contribution in [0.1, 0.15) is 44.2 Å². The van der Waals surface area contributed by atoms with E-state index in [1.807, 2.05) is 7.05 Å². The summed E-state index contributed by atoms with van der Waals surface area (Å²) < 4.78 is 2.20.